The van der Waals surface area contributed by atoms with Gasteiger partial charge in [-0.2, -0.15) is 0 Å². The number of nitrogens with zero attached hydrogens (tertiary/aromatic N) is 2. The molecule has 1 N–H and O–H groups in total. The second kappa shape index (κ2) is 8.32. The number of amides is 1. The van der Waals surface area contributed by atoms with E-state index in [-0.39, 0.29) is 5.91 Å². The summed E-state index contributed by atoms with van der Waals surface area (Å²) in [6.07, 6.45) is 1.82. The van der Waals surface area contributed by atoms with Gasteiger partial charge in [-0.1, -0.05) is 35.9 Å². The Morgan fingerprint density at radius 1 is 1.06 bits per heavy atom. The van der Waals surface area contributed by atoms with E-state index < -0.39 is 5.54 Å². The molecule has 1 aromatic heterocycles. The smallest absolute Gasteiger partial charge is 0.255 e. The van der Waals surface area contributed by atoms with Crippen molar-refractivity contribution < 1.29 is 9.53 Å². The van der Waals surface area contributed by atoms with Gasteiger partial charge >= 0.3 is 0 Å². The first kappa shape index (κ1) is 22.2. The molecule has 5 rings (SSSR count). The number of methoxy groups -OCH3 is 1. The van der Waals surface area contributed by atoms with Gasteiger partial charge in [0.2, 0.25) is 0 Å². The number of likely N-dealkylation sites (tertiary alicyclic amines) is 1. The fraction of sp³-hybridized carbons (Fsp3) is 0.310. The summed E-state index contributed by atoms with van der Waals surface area (Å²) in [6.45, 7) is 9.09. The highest BCUT2D eigenvalue weighted by Gasteiger charge is 2.44. The molecule has 34 heavy (non-hydrogen) atoms. The van der Waals surface area contributed by atoms with Gasteiger partial charge in [0.25, 0.3) is 5.91 Å². The molecule has 5 nitrogen and oxygen atoms in total. The van der Waals surface area contributed by atoms with Gasteiger partial charge in [0, 0.05) is 12.1 Å². The minimum Gasteiger partial charge on any atom is -0.497 e. The molecule has 1 fully saturated rings. The normalized spacial score (nSPS) is 18.0. The number of ether oxygens (including phenoxy) is 1. The lowest BCUT2D eigenvalue weighted by atomic mass is 9.94. The van der Waals surface area contributed by atoms with Crippen molar-refractivity contribution in [2.75, 3.05) is 13.7 Å². The van der Waals surface area contributed by atoms with E-state index in [0.717, 1.165) is 57.7 Å². The lowest BCUT2D eigenvalue weighted by molar-refractivity contribution is 0.0606. The first-order valence-corrected chi connectivity index (χ1v) is 11.9. The van der Waals surface area contributed by atoms with E-state index in [2.05, 4.69) is 44.0 Å². The summed E-state index contributed by atoms with van der Waals surface area (Å²) in [7, 11) is 1.66. The summed E-state index contributed by atoms with van der Waals surface area (Å²) < 4.78 is 5.31. The van der Waals surface area contributed by atoms with Crippen LogP contribution in [-0.2, 0) is 5.54 Å². The topological polar surface area (TPSA) is 58.2 Å². The maximum absolute atomic E-state index is 14.1. The monoisotopic (exact) mass is 453 g/mol. The van der Waals surface area contributed by atoms with E-state index >= 15 is 0 Å². The number of carbonyl (C=O) groups is 1. The van der Waals surface area contributed by atoms with E-state index in [9.17, 15) is 4.79 Å². The van der Waals surface area contributed by atoms with Gasteiger partial charge in [-0.05, 0) is 87.1 Å². The Morgan fingerprint density at radius 2 is 1.82 bits per heavy atom. The second-order valence-electron chi connectivity index (χ2n) is 9.60. The number of rotatable bonds is 4. The van der Waals surface area contributed by atoms with E-state index in [4.69, 9.17) is 9.72 Å². The molecule has 5 heteroatoms. The molecule has 0 aliphatic carbocycles. The van der Waals surface area contributed by atoms with E-state index in [1.165, 1.54) is 11.1 Å². The quantitative estimate of drug-likeness (QED) is 0.394. The Balaban J connectivity index is 1.57. The van der Waals surface area contributed by atoms with Crippen LogP contribution in [0.15, 0.2) is 54.6 Å². The first-order valence-electron chi connectivity index (χ1n) is 11.9. The van der Waals surface area contributed by atoms with Crippen LogP contribution in [0.25, 0.3) is 22.2 Å². The first-order chi connectivity index (χ1) is 16.3. The van der Waals surface area contributed by atoms with E-state index in [0.29, 0.717) is 6.54 Å². The van der Waals surface area contributed by atoms with Crippen LogP contribution < -0.4 is 4.74 Å². The maximum Gasteiger partial charge on any atom is 0.255 e. The summed E-state index contributed by atoms with van der Waals surface area (Å²) in [4.78, 5) is 24.7. The van der Waals surface area contributed by atoms with Gasteiger partial charge < -0.3 is 14.6 Å². The molecule has 174 valence electrons. The molecule has 1 aliphatic heterocycles. The molecular weight excluding hydrogens is 422 g/mol. The van der Waals surface area contributed by atoms with Crippen LogP contribution in [0.3, 0.4) is 0 Å². The van der Waals surface area contributed by atoms with Crippen LogP contribution in [0, 0.1) is 20.8 Å². The van der Waals surface area contributed by atoms with Crippen LogP contribution in [0.1, 0.15) is 52.6 Å². The highest BCUT2D eigenvalue weighted by atomic mass is 16.5. The van der Waals surface area contributed by atoms with E-state index in [1.807, 2.05) is 48.2 Å². The van der Waals surface area contributed by atoms with Crippen molar-refractivity contribution in [2.24, 2.45) is 0 Å². The lowest BCUT2D eigenvalue weighted by Gasteiger charge is -2.34. The summed E-state index contributed by atoms with van der Waals surface area (Å²) in [5, 5.41) is 0. The van der Waals surface area contributed by atoms with Gasteiger partial charge in [-0.3, -0.25) is 4.79 Å². The Kier molecular flexibility index (Phi) is 5.43. The fourth-order valence-corrected chi connectivity index (χ4v) is 5.11. The third-order valence-corrected chi connectivity index (χ3v) is 7.38. The van der Waals surface area contributed by atoms with Gasteiger partial charge in [-0.15, -0.1) is 0 Å². The number of carbonyl (C=O) groups excluding carboxylic acids is 1. The molecule has 4 aromatic rings. The van der Waals surface area contributed by atoms with Crippen molar-refractivity contribution >= 4 is 16.9 Å². The number of hydrogen-bond acceptors (Lipinski definition) is 3. The van der Waals surface area contributed by atoms with Crippen molar-refractivity contribution in [3.63, 3.8) is 0 Å². The van der Waals surface area contributed by atoms with Crippen molar-refractivity contribution in [3.05, 3.63) is 82.7 Å². The summed E-state index contributed by atoms with van der Waals surface area (Å²) in [5.74, 6) is 1.70. The number of hydrogen-bond donors (Lipinski definition) is 1. The minimum absolute atomic E-state index is 0.0443. The largest absolute Gasteiger partial charge is 0.497 e. The van der Waals surface area contributed by atoms with Crippen LogP contribution >= 0.6 is 0 Å². The third-order valence-electron chi connectivity index (χ3n) is 7.38. The van der Waals surface area contributed by atoms with Gasteiger partial charge in [0.05, 0.1) is 23.7 Å². The molecule has 1 atom stereocenters. The summed E-state index contributed by atoms with van der Waals surface area (Å²) in [5.41, 5.74) is 7.65. The highest BCUT2D eigenvalue weighted by Crippen LogP contribution is 2.40. The zero-order valence-electron chi connectivity index (χ0n) is 20.5. The predicted octanol–water partition coefficient (Wildman–Crippen LogP) is 6.32. The third kappa shape index (κ3) is 3.56. The van der Waals surface area contributed by atoms with Crippen LogP contribution in [0.5, 0.6) is 5.75 Å². The molecule has 0 unspecified atom stereocenters. The highest BCUT2D eigenvalue weighted by molar-refractivity contribution is 6.01. The van der Waals surface area contributed by atoms with Crippen molar-refractivity contribution in [1.82, 2.24) is 14.9 Å². The molecule has 2 heterocycles. The molecule has 1 amide bonds. The zero-order valence-corrected chi connectivity index (χ0v) is 20.5. The van der Waals surface area contributed by atoms with Crippen LogP contribution in [-0.4, -0.2) is 34.4 Å². The van der Waals surface area contributed by atoms with Gasteiger partial charge in [0.15, 0.2) is 0 Å². The minimum atomic E-state index is -0.489. The number of imidazole rings is 1. The number of benzene rings is 3. The van der Waals surface area contributed by atoms with Crippen molar-refractivity contribution in [3.8, 4) is 16.9 Å². The number of nitrogens with one attached hydrogen (secondary N) is 1. The number of aromatic amines is 1. The summed E-state index contributed by atoms with van der Waals surface area (Å²) in [6, 6.07) is 18.2. The fourth-order valence-electron chi connectivity index (χ4n) is 5.11. The Labute approximate surface area is 200 Å². The molecule has 0 saturated carbocycles. The molecule has 1 aliphatic rings. The Hall–Kier alpha value is -3.60. The predicted molar refractivity (Wildman–Crippen MR) is 136 cm³/mol. The SMILES string of the molecule is COc1ccc(-c2ccc(C)cc2C(=O)N2CCC[C@@]2(C)c2nc3c(C)c(C)ccc3[nH]2)cc1. The molecule has 0 bridgehead atoms. The Bertz CT molecular complexity index is 1390. The van der Waals surface area contributed by atoms with Gasteiger partial charge in [0.1, 0.15) is 11.6 Å². The summed E-state index contributed by atoms with van der Waals surface area (Å²) >= 11 is 0. The average Bonchev–Trinajstić information content (AvgIpc) is 3.46. The average molecular weight is 454 g/mol. The number of aryl methyl sites for hydroxylation is 3. The number of fused-ring (bicyclic) bond motifs is 1. The maximum atomic E-state index is 14.1. The van der Waals surface area contributed by atoms with Crippen molar-refractivity contribution in [1.29, 1.82) is 0 Å². The lowest BCUT2D eigenvalue weighted by Crippen LogP contribution is -2.43. The van der Waals surface area contributed by atoms with Crippen LogP contribution in [0.2, 0.25) is 0 Å². The van der Waals surface area contributed by atoms with Crippen LogP contribution in [0.4, 0.5) is 0 Å². The molecule has 0 radical (unpaired) electrons. The van der Waals surface area contributed by atoms with Gasteiger partial charge in [-0.25, -0.2) is 4.98 Å². The number of H-pyrrole nitrogens is 1. The molecule has 0 spiro atoms. The molecule has 3 aromatic carbocycles. The standard InChI is InChI=1S/C29H31N3O2/c1-18-7-13-23(21-9-11-22(34-5)12-10-21)24(17-18)27(33)32-16-6-15-29(32,4)28-30-25-14-8-19(2)20(3)26(25)31-28/h7-14,17H,6,15-16H2,1-5H3,(H,30,31)/t29-/m0/s1. The molecular formula is C29H31N3O2. The zero-order chi connectivity index (χ0) is 24.0. The van der Waals surface area contributed by atoms with Crippen molar-refractivity contribution in [2.45, 2.75) is 46.1 Å². The number of aromatic nitrogens is 2. The Morgan fingerprint density at radius 3 is 2.56 bits per heavy atom. The molecule has 1 saturated heterocycles. The van der Waals surface area contributed by atoms with E-state index in [1.54, 1.807) is 7.11 Å². The second-order valence-corrected chi connectivity index (χ2v) is 9.60.